The fraction of sp³-hybridized carbons (Fsp3) is 0.211. The van der Waals surface area contributed by atoms with Crippen molar-refractivity contribution in [3.63, 3.8) is 0 Å². The highest BCUT2D eigenvalue weighted by atomic mass is 16.3. The number of fused-ring (bicyclic) bond motifs is 1. The van der Waals surface area contributed by atoms with Crippen molar-refractivity contribution in [2.75, 3.05) is 10.6 Å². The summed E-state index contributed by atoms with van der Waals surface area (Å²) in [7, 11) is 0. The van der Waals surface area contributed by atoms with Crippen molar-refractivity contribution >= 4 is 34.4 Å². The van der Waals surface area contributed by atoms with Gasteiger partial charge in [-0.3, -0.25) is 4.79 Å². The number of urea groups is 1. The van der Waals surface area contributed by atoms with Crippen molar-refractivity contribution in [1.82, 2.24) is 10.3 Å². The van der Waals surface area contributed by atoms with Crippen molar-refractivity contribution in [3.05, 3.63) is 53.9 Å². The van der Waals surface area contributed by atoms with E-state index in [-0.39, 0.29) is 18.0 Å². The number of carbonyl (C=O) groups excluding carboxylic acids is 2. The predicted octanol–water partition coefficient (Wildman–Crippen LogP) is 3.92. The average molecular weight is 352 g/mol. The lowest BCUT2D eigenvalue weighted by Crippen LogP contribution is -2.34. The highest BCUT2D eigenvalue weighted by Crippen LogP contribution is 2.22. The number of nitrogens with zero attached hydrogens (tertiary/aromatic N) is 1. The maximum Gasteiger partial charge on any atom is 0.319 e. The number of oxazole rings is 1. The number of aromatic nitrogens is 1. The first-order valence-electron chi connectivity index (χ1n) is 8.27. The summed E-state index contributed by atoms with van der Waals surface area (Å²) in [5, 5.41) is 8.25. The molecule has 3 N–H and O–H groups in total. The third-order valence-electron chi connectivity index (χ3n) is 3.59. The quantitative estimate of drug-likeness (QED) is 0.663. The molecular formula is C19H20N4O3. The first-order valence-corrected chi connectivity index (χ1v) is 8.27. The van der Waals surface area contributed by atoms with Crippen molar-refractivity contribution in [3.8, 4) is 0 Å². The Morgan fingerprint density at radius 2 is 1.85 bits per heavy atom. The lowest BCUT2D eigenvalue weighted by atomic mass is 10.1. The molecule has 0 aliphatic carbocycles. The molecule has 0 fully saturated rings. The van der Waals surface area contributed by atoms with E-state index in [0.717, 1.165) is 0 Å². The van der Waals surface area contributed by atoms with Gasteiger partial charge in [-0.15, -0.1) is 0 Å². The van der Waals surface area contributed by atoms with Crippen LogP contribution in [0.15, 0.2) is 46.9 Å². The Morgan fingerprint density at radius 3 is 2.62 bits per heavy atom. The molecule has 3 amide bonds. The smallest absolute Gasteiger partial charge is 0.319 e. The number of anilines is 2. The number of para-hydroxylation sites is 1. The maximum absolute atomic E-state index is 12.7. The molecular weight excluding hydrogens is 332 g/mol. The lowest BCUT2D eigenvalue weighted by Gasteiger charge is -2.13. The molecule has 1 aromatic heterocycles. The summed E-state index contributed by atoms with van der Waals surface area (Å²) in [4.78, 5) is 28.8. The molecule has 0 saturated heterocycles. The van der Waals surface area contributed by atoms with Crippen molar-refractivity contribution in [2.24, 2.45) is 0 Å². The van der Waals surface area contributed by atoms with Gasteiger partial charge in [-0.05, 0) is 44.2 Å². The van der Waals surface area contributed by atoms with E-state index in [2.05, 4.69) is 20.9 Å². The number of hydrogen-bond acceptors (Lipinski definition) is 4. The van der Waals surface area contributed by atoms with Crippen molar-refractivity contribution < 1.29 is 14.0 Å². The highest BCUT2D eigenvalue weighted by molar-refractivity contribution is 6.10. The van der Waals surface area contributed by atoms with Gasteiger partial charge in [0, 0.05) is 18.7 Å². The van der Waals surface area contributed by atoms with Gasteiger partial charge in [0.15, 0.2) is 11.5 Å². The van der Waals surface area contributed by atoms with Crippen LogP contribution in [0.2, 0.25) is 0 Å². The van der Waals surface area contributed by atoms with Gasteiger partial charge >= 0.3 is 6.03 Å². The molecule has 0 aliphatic rings. The monoisotopic (exact) mass is 352 g/mol. The molecule has 26 heavy (non-hydrogen) atoms. The van der Waals surface area contributed by atoms with Gasteiger partial charge in [0.05, 0.1) is 11.3 Å². The Hall–Kier alpha value is -3.35. The molecule has 0 spiro atoms. The number of benzene rings is 2. The second-order valence-corrected chi connectivity index (χ2v) is 6.17. The number of hydrogen-bond donors (Lipinski definition) is 3. The van der Waals surface area contributed by atoms with E-state index in [1.807, 2.05) is 13.8 Å². The van der Waals surface area contributed by atoms with Crippen LogP contribution in [0.4, 0.5) is 16.2 Å². The second kappa shape index (κ2) is 7.26. The molecule has 3 aromatic rings. The summed E-state index contributed by atoms with van der Waals surface area (Å²) in [6.45, 7) is 5.49. The number of amides is 3. The van der Waals surface area contributed by atoms with E-state index < -0.39 is 0 Å². The van der Waals surface area contributed by atoms with Crippen LogP contribution in [0.25, 0.3) is 11.1 Å². The van der Waals surface area contributed by atoms with Gasteiger partial charge in [-0.1, -0.05) is 12.1 Å². The van der Waals surface area contributed by atoms with Gasteiger partial charge in [-0.2, -0.15) is 0 Å². The predicted molar refractivity (Wildman–Crippen MR) is 100 cm³/mol. The van der Waals surface area contributed by atoms with Gasteiger partial charge in [0.25, 0.3) is 5.91 Å². The molecule has 134 valence electrons. The van der Waals surface area contributed by atoms with Crippen LogP contribution in [-0.4, -0.2) is 23.0 Å². The standard InChI is InChI=1S/C19H20N4O3/c1-11(2)20-19(25)23-15-7-5-4-6-14(15)18(24)22-13-8-9-17-16(10-13)21-12(3)26-17/h4-11H,1-3H3,(H,22,24)(H2,20,23,25). The van der Waals surface area contributed by atoms with E-state index in [9.17, 15) is 9.59 Å². The Labute approximate surface area is 150 Å². The number of nitrogens with one attached hydrogen (secondary N) is 3. The normalized spacial score (nSPS) is 10.8. The van der Waals surface area contributed by atoms with Gasteiger partial charge in [0.1, 0.15) is 5.52 Å². The van der Waals surface area contributed by atoms with Gasteiger partial charge < -0.3 is 20.4 Å². The lowest BCUT2D eigenvalue weighted by molar-refractivity contribution is 0.102. The van der Waals surface area contributed by atoms with Crippen LogP contribution in [-0.2, 0) is 0 Å². The van der Waals surface area contributed by atoms with Crippen LogP contribution in [0.5, 0.6) is 0 Å². The van der Waals surface area contributed by atoms with E-state index in [0.29, 0.717) is 33.9 Å². The second-order valence-electron chi connectivity index (χ2n) is 6.17. The topological polar surface area (TPSA) is 96.3 Å². The van der Waals surface area contributed by atoms with Crippen LogP contribution in [0.3, 0.4) is 0 Å². The molecule has 7 nitrogen and oxygen atoms in total. The molecule has 0 saturated carbocycles. The maximum atomic E-state index is 12.7. The minimum Gasteiger partial charge on any atom is -0.441 e. The molecule has 0 bridgehead atoms. The van der Waals surface area contributed by atoms with E-state index in [1.165, 1.54) is 0 Å². The third kappa shape index (κ3) is 4.00. The Bertz CT molecular complexity index is 962. The van der Waals surface area contributed by atoms with Gasteiger partial charge in [-0.25, -0.2) is 9.78 Å². The molecule has 3 rings (SSSR count). The molecule has 0 aliphatic heterocycles. The first kappa shape index (κ1) is 17.5. The van der Waals surface area contributed by atoms with Crippen LogP contribution >= 0.6 is 0 Å². The molecule has 2 aromatic carbocycles. The van der Waals surface area contributed by atoms with E-state index in [4.69, 9.17) is 4.42 Å². The molecule has 7 heteroatoms. The highest BCUT2D eigenvalue weighted by Gasteiger charge is 2.14. The number of aryl methyl sites for hydroxylation is 1. The van der Waals surface area contributed by atoms with E-state index >= 15 is 0 Å². The van der Waals surface area contributed by atoms with Crippen LogP contribution < -0.4 is 16.0 Å². The number of carbonyl (C=O) groups is 2. The molecule has 0 atom stereocenters. The summed E-state index contributed by atoms with van der Waals surface area (Å²) in [6, 6.07) is 11.7. The zero-order valence-electron chi connectivity index (χ0n) is 14.8. The van der Waals surface area contributed by atoms with E-state index in [1.54, 1.807) is 49.4 Å². The fourth-order valence-corrected chi connectivity index (χ4v) is 2.53. The van der Waals surface area contributed by atoms with Crippen molar-refractivity contribution in [2.45, 2.75) is 26.8 Å². The van der Waals surface area contributed by atoms with Crippen LogP contribution in [0, 0.1) is 6.92 Å². The first-order chi connectivity index (χ1) is 12.4. The van der Waals surface area contributed by atoms with Crippen molar-refractivity contribution in [1.29, 1.82) is 0 Å². The minimum atomic E-state index is -0.361. The zero-order chi connectivity index (χ0) is 18.7. The molecule has 0 unspecified atom stereocenters. The van der Waals surface area contributed by atoms with Crippen LogP contribution in [0.1, 0.15) is 30.1 Å². The Kier molecular flexibility index (Phi) is 4.88. The van der Waals surface area contributed by atoms with Gasteiger partial charge in [0.2, 0.25) is 0 Å². The fourth-order valence-electron chi connectivity index (χ4n) is 2.53. The summed E-state index contributed by atoms with van der Waals surface area (Å²) in [5.41, 5.74) is 2.72. The summed E-state index contributed by atoms with van der Waals surface area (Å²) in [5.74, 6) is 0.235. The summed E-state index contributed by atoms with van der Waals surface area (Å²) in [6.07, 6.45) is 0. The molecule has 1 heterocycles. The average Bonchev–Trinajstić information content (AvgIpc) is 2.93. The summed E-state index contributed by atoms with van der Waals surface area (Å²) < 4.78 is 5.43. The summed E-state index contributed by atoms with van der Waals surface area (Å²) >= 11 is 0. The largest absolute Gasteiger partial charge is 0.441 e. The molecule has 0 radical (unpaired) electrons. The SMILES string of the molecule is Cc1nc2cc(NC(=O)c3ccccc3NC(=O)NC(C)C)ccc2o1. The number of rotatable bonds is 4. The zero-order valence-corrected chi connectivity index (χ0v) is 14.8. The Morgan fingerprint density at radius 1 is 1.08 bits per heavy atom. The Balaban J connectivity index is 1.79. The third-order valence-corrected chi connectivity index (χ3v) is 3.59. The minimum absolute atomic E-state index is 0.00590.